The van der Waals surface area contributed by atoms with Gasteiger partial charge in [-0.2, -0.15) is 25.8 Å². The zero-order valence-corrected chi connectivity index (χ0v) is 17.9. The number of ether oxygens (including phenoxy) is 1. The molecule has 0 fully saturated rings. The van der Waals surface area contributed by atoms with E-state index in [0.29, 0.717) is 11.4 Å². The number of nitrogens with zero attached hydrogens (tertiary/aromatic N) is 1. The molecule has 3 nitrogen and oxygen atoms in total. The summed E-state index contributed by atoms with van der Waals surface area (Å²) in [6, 6.07) is 10.8. The fourth-order valence-corrected chi connectivity index (χ4v) is 1.92. The van der Waals surface area contributed by atoms with Crippen molar-refractivity contribution in [1.82, 2.24) is 4.98 Å². The topological polar surface area (TPSA) is 34.1 Å². The van der Waals surface area contributed by atoms with Crippen LogP contribution in [0.2, 0.25) is 0 Å². The molecule has 0 amide bonds. The summed E-state index contributed by atoms with van der Waals surface area (Å²) >= 11 is 3.53. The lowest BCUT2D eigenvalue weighted by Gasteiger charge is -2.12. The van der Waals surface area contributed by atoms with E-state index in [1.165, 1.54) is 7.11 Å². The number of para-hydroxylation sites is 2. The summed E-state index contributed by atoms with van der Waals surface area (Å²) in [6.07, 6.45) is 1.87. The number of pyridine rings is 1. The molecule has 158 valence electrons. The molecule has 0 aliphatic rings. The van der Waals surface area contributed by atoms with Crippen molar-refractivity contribution in [3.8, 4) is 5.75 Å². The van der Waals surface area contributed by atoms with Crippen molar-refractivity contribution in [3.63, 3.8) is 0 Å². The molecule has 0 bridgehead atoms. The van der Waals surface area contributed by atoms with Crippen LogP contribution in [0.4, 0.5) is 18.9 Å². The van der Waals surface area contributed by atoms with Crippen LogP contribution >= 0.6 is 12.6 Å². The number of aromatic nitrogens is 1. The Hall–Kier alpha value is -2.67. The Morgan fingerprint density at radius 3 is 2.17 bits per heavy atom. The van der Waals surface area contributed by atoms with E-state index >= 15 is 0 Å². The highest BCUT2D eigenvalue weighted by atomic mass is 32.1. The van der Waals surface area contributed by atoms with Crippen LogP contribution in [0.15, 0.2) is 79.3 Å². The number of allylic oxidation sites excluding steroid dienone is 3. The van der Waals surface area contributed by atoms with Crippen LogP contribution in [0.5, 0.6) is 5.75 Å². The third-order valence-corrected chi connectivity index (χ3v) is 3.39. The highest BCUT2D eigenvalue weighted by Gasteiger charge is 2.29. The first-order chi connectivity index (χ1) is 13.6. The van der Waals surface area contributed by atoms with E-state index in [1.807, 2.05) is 25.3 Å². The van der Waals surface area contributed by atoms with Crippen molar-refractivity contribution in [3.05, 3.63) is 84.9 Å². The number of hydrogen-bond acceptors (Lipinski definition) is 4. The van der Waals surface area contributed by atoms with E-state index < -0.39 is 11.7 Å². The molecule has 0 saturated heterocycles. The van der Waals surface area contributed by atoms with Gasteiger partial charge in [0.15, 0.2) is 0 Å². The summed E-state index contributed by atoms with van der Waals surface area (Å²) in [5.74, 6) is 0.539. The first-order valence-corrected chi connectivity index (χ1v) is 9.39. The van der Waals surface area contributed by atoms with Gasteiger partial charge in [0.25, 0.3) is 0 Å². The number of thiol groups is 1. The average molecular weight is 425 g/mol. The summed E-state index contributed by atoms with van der Waals surface area (Å²) in [4.78, 5) is 3.95. The van der Waals surface area contributed by atoms with Crippen LogP contribution in [-0.4, -0.2) is 24.5 Å². The summed E-state index contributed by atoms with van der Waals surface area (Å²) in [5, 5.41) is 2.77. The Bertz CT molecular complexity index is 803. The van der Waals surface area contributed by atoms with Crippen molar-refractivity contribution >= 4 is 23.9 Å². The number of methoxy groups -OCH3 is 1. The Morgan fingerprint density at radius 1 is 1.10 bits per heavy atom. The van der Waals surface area contributed by atoms with Crippen molar-refractivity contribution < 1.29 is 17.9 Å². The van der Waals surface area contributed by atoms with Crippen LogP contribution in [0.3, 0.4) is 0 Å². The average Bonchev–Trinajstić information content (AvgIpc) is 2.70. The molecular formula is C22H27F3N2OS. The second-order valence-corrected chi connectivity index (χ2v) is 5.70. The van der Waals surface area contributed by atoms with Crippen molar-refractivity contribution in [2.75, 3.05) is 18.7 Å². The number of halogens is 3. The van der Waals surface area contributed by atoms with Gasteiger partial charge in [-0.25, -0.2) is 0 Å². The summed E-state index contributed by atoms with van der Waals surface area (Å²) in [7, 11) is 1.49. The van der Waals surface area contributed by atoms with Gasteiger partial charge < -0.3 is 10.1 Å². The zero-order valence-electron chi connectivity index (χ0n) is 17.0. The maximum absolute atomic E-state index is 12.3. The third-order valence-electron chi connectivity index (χ3n) is 3.39. The van der Waals surface area contributed by atoms with Gasteiger partial charge in [-0.15, -0.1) is 0 Å². The Labute approximate surface area is 176 Å². The van der Waals surface area contributed by atoms with E-state index in [0.717, 1.165) is 24.1 Å². The highest BCUT2D eigenvalue weighted by Crippen LogP contribution is 2.28. The molecule has 2 rings (SSSR count). The van der Waals surface area contributed by atoms with E-state index in [-0.39, 0.29) is 5.70 Å². The fourth-order valence-electron chi connectivity index (χ4n) is 1.92. The monoisotopic (exact) mass is 424 g/mol. The van der Waals surface area contributed by atoms with Crippen LogP contribution in [0, 0.1) is 0 Å². The Balaban J connectivity index is 0.000000595. The summed E-state index contributed by atoms with van der Waals surface area (Å²) < 4.78 is 42.1. The van der Waals surface area contributed by atoms with E-state index in [2.05, 4.69) is 36.1 Å². The molecule has 0 saturated carbocycles. The quantitative estimate of drug-likeness (QED) is 0.410. The van der Waals surface area contributed by atoms with Crippen molar-refractivity contribution in [1.29, 1.82) is 0 Å². The summed E-state index contributed by atoms with van der Waals surface area (Å²) in [6.45, 7) is 10.3. The van der Waals surface area contributed by atoms with Gasteiger partial charge in [0.2, 0.25) is 0 Å². The number of anilines is 1. The largest absolute Gasteiger partial charge is 0.495 e. The van der Waals surface area contributed by atoms with Crippen LogP contribution < -0.4 is 10.1 Å². The normalized spacial score (nSPS) is 10.6. The number of benzene rings is 1. The summed E-state index contributed by atoms with van der Waals surface area (Å²) in [5.41, 5.74) is 2.17. The van der Waals surface area contributed by atoms with Crippen LogP contribution in [-0.2, 0) is 0 Å². The van der Waals surface area contributed by atoms with Crippen LogP contribution in [0.1, 0.15) is 19.4 Å². The zero-order chi connectivity index (χ0) is 22.4. The molecule has 1 aromatic heterocycles. The number of nitrogens with one attached hydrogen (secondary N) is 1. The predicted octanol–water partition coefficient (Wildman–Crippen LogP) is 6.79. The molecule has 0 spiro atoms. The van der Waals surface area contributed by atoms with Crippen molar-refractivity contribution in [2.24, 2.45) is 0 Å². The van der Waals surface area contributed by atoms with Gasteiger partial charge in [-0.1, -0.05) is 31.4 Å². The molecule has 29 heavy (non-hydrogen) atoms. The molecule has 7 heteroatoms. The lowest BCUT2D eigenvalue weighted by Crippen LogP contribution is -2.10. The van der Waals surface area contributed by atoms with Gasteiger partial charge in [0.05, 0.1) is 12.8 Å². The lowest BCUT2D eigenvalue weighted by atomic mass is 10.2. The van der Waals surface area contributed by atoms with Crippen LogP contribution in [0.25, 0.3) is 5.57 Å². The molecule has 0 unspecified atom stereocenters. The minimum Gasteiger partial charge on any atom is -0.495 e. The van der Waals surface area contributed by atoms with E-state index in [1.54, 1.807) is 36.7 Å². The lowest BCUT2D eigenvalue weighted by molar-refractivity contribution is -0.0913. The predicted molar refractivity (Wildman–Crippen MR) is 119 cm³/mol. The minimum atomic E-state index is -4.34. The Morgan fingerprint density at radius 2 is 1.72 bits per heavy atom. The fraction of sp³-hybridized carbons (Fsp3) is 0.227. The molecular weight excluding hydrogens is 397 g/mol. The second kappa shape index (κ2) is 13.5. The maximum atomic E-state index is 12.3. The number of alkyl halides is 3. The first kappa shape index (κ1) is 26.3. The SMILES string of the molecule is C=C(/C=C(\C)C(F)(F)F)Nc1ccccc1OC.C=C(C)c1cccnc1.CS. The molecule has 1 aromatic carbocycles. The van der Waals surface area contributed by atoms with Gasteiger partial charge in [0.1, 0.15) is 5.75 Å². The minimum absolute atomic E-state index is 0.148. The third kappa shape index (κ3) is 10.4. The Kier molecular flexibility index (Phi) is 12.3. The molecule has 0 atom stereocenters. The molecule has 0 aliphatic carbocycles. The maximum Gasteiger partial charge on any atom is 0.412 e. The number of hydrogen-bond donors (Lipinski definition) is 2. The number of rotatable bonds is 5. The van der Waals surface area contributed by atoms with Gasteiger partial charge in [0, 0.05) is 23.7 Å². The molecule has 1 heterocycles. The van der Waals surface area contributed by atoms with Gasteiger partial charge in [-0.05, 0) is 55.5 Å². The molecule has 0 radical (unpaired) electrons. The highest BCUT2D eigenvalue weighted by molar-refractivity contribution is 7.79. The van der Waals surface area contributed by atoms with Crippen molar-refractivity contribution in [2.45, 2.75) is 20.0 Å². The molecule has 0 aliphatic heterocycles. The molecule has 1 N–H and O–H groups in total. The first-order valence-electron chi connectivity index (χ1n) is 8.50. The smallest absolute Gasteiger partial charge is 0.412 e. The second-order valence-electron chi connectivity index (χ2n) is 5.70. The standard InChI is InChI=1S/C13H14F3NO.C8H9N.CH4S/c1-9(13(14,15)16)8-10(2)17-11-6-4-5-7-12(11)18-3;1-7(2)8-4-3-5-9-6-8;1-2/h4-8,17H,2H2,1,3H3;3-6H,1H2,2H3;2H,1H3/b9-8+;;. The van der Waals surface area contributed by atoms with Gasteiger partial charge in [-0.3, -0.25) is 4.98 Å². The van der Waals surface area contributed by atoms with E-state index in [4.69, 9.17) is 4.74 Å². The van der Waals surface area contributed by atoms with Gasteiger partial charge >= 0.3 is 6.18 Å². The molecule has 2 aromatic rings. The van der Waals surface area contributed by atoms with E-state index in [9.17, 15) is 13.2 Å².